The first kappa shape index (κ1) is 28.8. The smallest absolute Gasteiger partial charge is 0.308 e. The molecular weight excluding hydrogens is 573 g/mol. The molecule has 0 amide bonds. The van der Waals surface area contributed by atoms with Gasteiger partial charge < -0.3 is 29.4 Å². The minimum Gasteiger partial charge on any atom is -0.466 e. The fourth-order valence-corrected chi connectivity index (χ4v) is 4.50. The van der Waals surface area contributed by atoms with Crippen molar-refractivity contribution in [1.82, 2.24) is 5.32 Å². The zero-order chi connectivity index (χ0) is 25.1. The van der Waals surface area contributed by atoms with Crippen molar-refractivity contribution in [1.29, 1.82) is 0 Å². The number of aliphatic hydroxyl groups excluding tert-OH is 1. The summed E-state index contributed by atoms with van der Waals surface area (Å²) >= 11 is 8.54. The van der Waals surface area contributed by atoms with E-state index in [2.05, 4.69) is 27.9 Å². The Labute approximate surface area is 220 Å². The topological polar surface area (TPSA) is 86.3 Å². The molecule has 0 saturated carbocycles. The Bertz CT molecular complexity index is 906. The highest BCUT2D eigenvalue weighted by atomic mass is 127. The summed E-state index contributed by atoms with van der Waals surface area (Å²) in [7, 11) is 1.60. The second kappa shape index (κ2) is 14.2. The van der Waals surface area contributed by atoms with E-state index >= 15 is 0 Å². The first-order chi connectivity index (χ1) is 16.1. The number of ether oxygens (including phenoxy) is 4. The Hall–Kier alpha value is -1.43. The van der Waals surface area contributed by atoms with Crippen LogP contribution >= 0.6 is 34.2 Å². The van der Waals surface area contributed by atoms with Crippen molar-refractivity contribution in [2.75, 3.05) is 33.7 Å². The Morgan fingerprint density at radius 3 is 2.47 bits per heavy atom. The minimum absolute atomic E-state index is 0.00919. The molecule has 0 aromatic heterocycles. The number of carbonyl (C=O) groups excluding carboxylic acids is 1. The van der Waals surface area contributed by atoms with Crippen molar-refractivity contribution in [3.05, 3.63) is 62.2 Å². The van der Waals surface area contributed by atoms with Gasteiger partial charge in [0, 0.05) is 23.7 Å². The van der Waals surface area contributed by atoms with E-state index in [-0.39, 0.29) is 25.8 Å². The fraction of sp³-hybridized carbons (Fsp3) is 0.480. The third-order valence-electron chi connectivity index (χ3n) is 4.71. The van der Waals surface area contributed by atoms with Gasteiger partial charge in [0.2, 0.25) is 0 Å². The number of nitrogens with one attached hydrogen (secondary N) is 1. The molecule has 0 spiro atoms. The molecule has 0 aliphatic rings. The number of methoxy groups -OCH3 is 1. The van der Waals surface area contributed by atoms with Crippen LogP contribution in [0.4, 0.5) is 0 Å². The Balaban J connectivity index is 2.39. The second-order valence-corrected chi connectivity index (χ2v) is 10.2. The predicted molar refractivity (Wildman–Crippen MR) is 140 cm³/mol. The van der Waals surface area contributed by atoms with Gasteiger partial charge in [0.05, 0.1) is 35.9 Å². The molecule has 7 nitrogen and oxygen atoms in total. The molecule has 2 unspecified atom stereocenters. The quantitative estimate of drug-likeness (QED) is 0.143. The summed E-state index contributed by atoms with van der Waals surface area (Å²) in [5.41, 5.74) is 0.933. The van der Waals surface area contributed by atoms with Gasteiger partial charge in [0.15, 0.2) is 6.79 Å². The van der Waals surface area contributed by atoms with Gasteiger partial charge in [-0.2, -0.15) is 0 Å². The maximum Gasteiger partial charge on any atom is 0.308 e. The van der Waals surface area contributed by atoms with Crippen LogP contribution in [0.1, 0.15) is 50.4 Å². The van der Waals surface area contributed by atoms with Crippen molar-refractivity contribution in [3.63, 3.8) is 0 Å². The number of carbonyl (C=O) groups is 1. The molecule has 2 rings (SSSR count). The molecule has 0 bridgehead atoms. The number of esters is 1. The number of hydrogen-bond acceptors (Lipinski definition) is 7. The Kier molecular flexibility index (Phi) is 12.0. The van der Waals surface area contributed by atoms with E-state index in [1.807, 2.05) is 51.1 Å². The van der Waals surface area contributed by atoms with Gasteiger partial charge in [0.25, 0.3) is 0 Å². The number of aliphatic hydroxyl groups is 1. The summed E-state index contributed by atoms with van der Waals surface area (Å²) in [5.74, 6) is 0.167. The summed E-state index contributed by atoms with van der Waals surface area (Å²) < 4.78 is 22.8. The Morgan fingerprint density at radius 1 is 1.15 bits per heavy atom. The molecule has 2 atom stereocenters. The predicted octanol–water partition coefficient (Wildman–Crippen LogP) is 5.04. The normalized spacial score (nSPS) is 13.4. The van der Waals surface area contributed by atoms with Gasteiger partial charge in [-0.05, 0) is 61.1 Å². The van der Waals surface area contributed by atoms with E-state index in [0.29, 0.717) is 29.5 Å². The molecule has 0 radical (unpaired) electrons. The van der Waals surface area contributed by atoms with E-state index in [4.69, 9.17) is 30.5 Å². The molecule has 2 aromatic rings. The first-order valence-electron chi connectivity index (χ1n) is 11.0. The number of rotatable bonds is 13. The van der Waals surface area contributed by atoms with Crippen LogP contribution in [0.2, 0.25) is 5.02 Å². The van der Waals surface area contributed by atoms with Crippen molar-refractivity contribution >= 4 is 40.2 Å². The highest BCUT2D eigenvalue weighted by Crippen LogP contribution is 2.36. The monoisotopic (exact) mass is 605 g/mol. The van der Waals surface area contributed by atoms with Crippen molar-refractivity contribution < 1.29 is 28.8 Å². The standard InChI is InChI=1S/C25H33ClINO6/c1-25(2,3)34-23(30)14-21(28-22(15-29)17-8-6-5-7-9-17)19-12-18(26)13-20(27)24(19)33-16-32-11-10-31-4/h5-9,12-13,21-22,28-29H,10-11,14-16H2,1-4H3. The maximum absolute atomic E-state index is 12.8. The number of halogens is 2. The van der Waals surface area contributed by atoms with Crippen molar-refractivity contribution in [2.45, 2.75) is 44.9 Å². The lowest BCUT2D eigenvalue weighted by molar-refractivity contribution is -0.155. The largest absolute Gasteiger partial charge is 0.466 e. The highest BCUT2D eigenvalue weighted by Gasteiger charge is 2.28. The third kappa shape index (κ3) is 9.67. The second-order valence-electron chi connectivity index (χ2n) is 8.62. The van der Waals surface area contributed by atoms with Crippen LogP contribution in [0.3, 0.4) is 0 Å². The minimum atomic E-state index is -0.630. The number of hydrogen-bond donors (Lipinski definition) is 2. The van der Waals surface area contributed by atoms with Crippen LogP contribution in [-0.4, -0.2) is 50.4 Å². The molecule has 2 N–H and O–H groups in total. The summed E-state index contributed by atoms with van der Waals surface area (Å²) in [4.78, 5) is 12.8. The summed E-state index contributed by atoms with van der Waals surface area (Å²) in [6.07, 6.45) is 0.0118. The van der Waals surface area contributed by atoms with E-state index in [9.17, 15) is 9.90 Å². The van der Waals surface area contributed by atoms with Crippen LogP contribution in [0.15, 0.2) is 42.5 Å². The molecule has 9 heteroatoms. The first-order valence-corrected chi connectivity index (χ1v) is 12.4. The van der Waals surface area contributed by atoms with Gasteiger partial charge >= 0.3 is 5.97 Å². The van der Waals surface area contributed by atoms with Gasteiger partial charge in [-0.25, -0.2) is 0 Å². The zero-order valence-corrected chi connectivity index (χ0v) is 22.9. The molecule has 0 heterocycles. The molecule has 2 aromatic carbocycles. The fourth-order valence-electron chi connectivity index (χ4n) is 3.28. The summed E-state index contributed by atoms with van der Waals surface area (Å²) in [5, 5.41) is 14.0. The summed E-state index contributed by atoms with van der Waals surface area (Å²) in [6, 6.07) is 12.1. The van der Waals surface area contributed by atoms with Crippen molar-refractivity contribution in [3.8, 4) is 5.75 Å². The SMILES string of the molecule is COCCOCOc1c(I)cc(Cl)cc1C(CC(=O)OC(C)(C)C)NC(CO)c1ccccc1. The molecule has 0 fully saturated rings. The van der Waals surface area contributed by atoms with Gasteiger partial charge in [-0.15, -0.1) is 0 Å². The average molecular weight is 606 g/mol. The Morgan fingerprint density at radius 2 is 1.85 bits per heavy atom. The van der Waals surface area contributed by atoms with E-state index in [1.165, 1.54) is 0 Å². The maximum atomic E-state index is 12.8. The summed E-state index contributed by atoms with van der Waals surface area (Å²) in [6.45, 7) is 6.15. The van der Waals surface area contributed by atoms with Gasteiger partial charge in [-0.1, -0.05) is 41.9 Å². The molecule has 0 aliphatic carbocycles. The highest BCUT2D eigenvalue weighted by molar-refractivity contribution is 14.1. The molecule has 0 saturated heterocycles. The lowest BCUT2D eigenvalue weighted by Gasteiger charge is -2.28. The van der Waals surface area contributed by atoms with Crippen LogP contribution in [0.25, 0.3) is 0 Å². The van der Waals surface area contributed by atoms with Gasteiger partial charge in [-0.3, -0.25) is 4.79 Å². The molecule has 0 aliphatic heterocycles. The lowest BCUT2D eigenvalue weighted by Crippen LogP contribution is -2.33. The van der Waals surface area contributed by atoms with Gasteiger partial charge in [0.1, 0.15) is 11.4 Å². The van der Waals surface area contributed by atoms with Crippen molar-refractivity contribution in [2.24, 2.45) is 0 Å². The van der Waals surface area contributed by atoms with Crippen LogP contribution < -0.4 is 10.1 Å². The third-order valence-corrected chi connectivity index (χ3v) is 5.73. The lowest BCUT2D eigenvalue weighted by atomic mass is 9.99. The molecule has 188 valence electrons. The van der Waals surface area contributed by atoms with Crippen LogP contribution in [0.5, 0.6) is 5.75 Å². The van der Waals surface area contributed by atoms with E-state index in [1.54, 1.807) is 19.2 Å². The number of benzene rings is 2. The average Bonchev–Trinajstić information content (AvgIpc) is 2.76. The zero-order valence-electron chi connectivity index (χ0n) is 20.0. The van der Waals surface area contributed by atoms with E-state index < -0.39 is 17.7 Å². The van der Waals surface area contributed by atoms with Crippen LogP contribution in [-0.2, 0) is 19.0 Å². The molecular formula is C25H33ClINO6. The van der Waals surface area contributed by atoms with E-state index in [0.717, 1.165) is 9.13 Å². The molecule has 34 heavy (non-hydrogen) atoms. The van der Waals surface area contributed by atoms with Crippen LogP contribution in [0, 0.1) is 3.57 Å².